The molecule has 0 bridgehead atoms. The van der Waals surface area contributed by atoms with Gasteiger partial charge in [-0.3, -0.25) is 0 Å². The Labute approximate surface area is 86.9 Å². The maximum Gasteiger partial charge on any atom is 0.512 e. The van der Waals surface area contributed by atoms with Gasteiger partial charge in [-0.25, -0.2) is 9.36 Å². The number of carbonyl (C=O) groups is 1. The van der Waals surface area contributed by atoms with Gasteiger partial charge < -0.3 is 14.5 Å². The molecule has 1 aromatic rings. The third-order valence-electron chi connectivity index (χ3n) is 1.73. The van der Waals surface area contributed by atoms with Gasteiger partial charge in [0.15, 0.2) is 0 Å². The highest BCUT2D eigenvalue weighted by molar-refractivity contribution is 7.61. The van der Waals surface area contributed by atoms with Crippen molar-refractivity contribution in [1.29, 1.82) is 0 Å². The van der Waals surface area contributed by atoms with E-state index in [1.807, 2.05) is 6.07 Å². The average molecular weight is 230 g/mol. The zero-order valence-corrected chi connectivity index (χ0v) is 9.19. The monoisotopic (exact) mass is 230 g/mol. The zero-order valence-electron chi connectivity index (χ0n) is 8.30. The highest BCUT2D eigenvalue weighted by Crippen LogP contribution is 2.40. The fraction of sp³-hybridized carbons (Fsp3) is 0.222. The lowest BCUT2D eigenvalue weighted by Crippen LogP contribution is -2.11. The zero-order chi connectivity index (χ0) is 11.6. The lowest BCUT2D eigenvalue weighted by atomic mass is 10.2. The van der Waals surface area contributed by atoms with E-state index in [9.17, 15) is 14.3 Å². The molecule has 0 amide bonds. The van der Waals surface area contributed by atoms with Crippen LogP contribution in [0.5, 0.6) is 0 Å². The van der Waals surface area contributed by atoms with Crippen LogP contribution in [0, 0.1) is 13.8 Å². The highest BCUT2D eigenvalue weighted by Gasteiger charge is 2.27. The van der Waals surface area contributed by atoms with Gasteiger partial charge in [0.2, 0.25) is 0 Å². The summed E-state index contributed by atoms with van der Waals surface area (Å²) in [5.74, 6) is 0. The molecule has 0 aliphatic heterocycles. The van der Waals surface area contributed by atoms with Gasteiger partial charge >= 0.3 is 13.8 Å². The Morgan fingerprint density at radius 1 is 1.27 bits per heavy atom. The van der Waals surface area contributed by atoms with Crippen LogP contribution in [0.1, 0.15) is 11.1 Å². The second-order valence-corrected chi connectivity index (χ2v) is 4.96. The van der Waals surface area contributed by atoms with Crippen LogP contribution in [-0.2, 0) is 9.09 Å². The first-order valence-corrected chi connectivity index (χ1v) is 5.73. The second kappa shape index (κ2) is 4.04. The smallest absolute Gasteiger partial charge is 0.449 e. The van der Waals surface area contributed by atoms with Crippen molar-refractivity contribution in [2.24, 2.45) is 0 Å². The summed E-state index contributed by atoms with van der Waals surface area (Å²) in [6.07, 6.45) is -1.76. The van der Waals surface area contributed by atoms with Gasteiger partial charge in [-0.05, 0) is 37.1 Å². The molecule has 1 atom stereocenters. The van der Waals surface area contributed by atoms with Crippen LogP contribution < -0.4 is 5.30 Å². The van der Waals surface area contributed by atoms with Crippen LogP contribution >= 0.6 is 7.60 Å². The molecule has 0 radical (unpaired) electrons. The molecule has 0 aliphatic carbocycles. The van der Waals surface area contributed by atoms with Crippen molar-refractivity contribution in [3.05, 3.63) is 29.3 Å². The topological polar surface area (TPSA) is 83.8 Å². The number of rotatable bonds is 2. The first-order valence-electron chi connectivity index (χ1n) is 4.15. The van der Waals surface area contributed by atoms with Gasteiger partial charge in [0.25, 0.3) is 0 Å². The van der Waals surface area contributed by atoms with E-state index in [1.54, 1.807) is 13.8 Å². The Morgan fingerprint density at radius 3 is 2.13 bits per heavy atom. The summed E-state index contributed by atoms with van der Waals surface area (Å²) in [4.78, 5) is 19.6. The van der Waals surface area contributed by atoms with Crippen LogP contribution in [-0.4, -0.2) is 16.2 Å². The molecule has 82 valence electrons. The Kier molecular flexibility index (Phi) is 3.17. The van der Waals surface area contributed by atoms with E-state index in [-0.39, 0.29) is 5.30 Å². The van der Waals surface area contributed by atoms with Crippen molar-refractivity contribution in [1.82, 2.24) is 0 Å². The number of benzene rings is 1. The van der Waals surface area contributed by atoms with Gasteiger partial charge in [0, 0.05) is 0 Å². The van der Waals surface area contributed by atoms with Crippen LogP contribution in [0.2, 0.25) is 0 Å². The molecule has 5 nitrogen and oxygen atoms in total. The van der Waals surface area contributed by atoms with Crippen molar-refractivity contribution >= 4 is 19.1 Å². The first kappa shape index (κ1) is 11.8. The largest absolute Gasteiger partial charge is 0.512 e. The molecule has 1 aromatic carbocycles. The molecule has 0 aromatic heterocycles. The summed E-state index contributed by atoms with van der Waals surface area (Å²) in [5.41, 5.74) is 1.54. The minimum atomic E-state index is -4.25. The second-order valence-electron chi connectivity index (χ2n) is 3.22. The molecule has 6 heteroatoms. The number of carboxylic acid groups (broad SMARTS) is 1. The van der Waals surface area contributed by atoms with Crippen LogP contribution in [0.25, 0.3) is 0 Å². The maximum absolute atomic E-state index is 11.5. The molecule has 0 saturated carbocycles. The van der Waals surface area contributed by atoms with Gasteiger partial charge in [-0.1, -0.05) is 6.07 Å². The molecular weight excluding hydrogens is 219 g/mol. The van der Waals surface area contributed by atoms with Crippen LogP contribution in [0.3, 0.4) is 0 Å². The first-order chi connectivity index (χ1) is 6.81. The third-order valence-corrected chi connectivity index (χ3v) is 3.05. The molecule has 0 aliphatic rings. The minimum absolute atomic E-state index is 0.0117. The van der Waals surface area contributed by atoms with Gasteiger partial charge in [-0.2, -0.15) is 0 Å². The molecule has 1 rings (SSSR count). The lowest BCUT2D eigenvalue weighted by molar-refractivity contribution is 0.140. The number of hydrogen-bond acceptors (Lipinski definition) is 3. The number of hydrogen-bond donors (Lipinski definition) is 2. The molecule has 0 fully saturated rings. The highest BCUT2D eigenvalue weighted by atomic mass is 31.2. The van der Waals surface area contributed by atoms with Crippen LogP contribution in [0.15, 0.2) is 18.2 Å². The molecule has 1 unspecified atom stereocenters. The summed E-state index contributed by atoms with van der Waals surface area (Å²) in [6.45, 7) is 3.49. The Hall–Kier alpha value is -1.32. The van der Waals surface area contributed by atoms with E-state index in [0.717, 1.165) is 11.1 Å². The van der Waals surface area contributed by atoms with E-state index in [2.05, 4.69) is 4.52 Å². The summed E-state index contributed by atoms with van der Waals surface area (Å²) in [5, 5.41) is 8.28. The van der Waals surface area contributed by atoms with E-state index in [1.165, 1.54) is 12.1 Å². The van der Waals surface area contributed by atoms with E-state index in [4.69, 9.17) is 5.11 Å². The van der Waals surface area contributed by atoms with E-state index < -0.39 is 13.8 Å². The van der Waals surface area contributed by atoms with Crippen molar-refractivity contribution in [3.8, 4) is 0 Å². The normalized spacial score (nSPS) is 14.3. The SMILES string of the molecule is Cc1cc(C)cc(P(=O)(O)OC(=O)O)c1. The molecule has 2 N–H and O–H groups in total. The van der Waals surface area contributed by atoms with Crippen molar-refractivity contribution in [2.45, 2.75) is 13.8 Å². The Balaban J connectivity index is 3.15. The van der Waals surface area contributed by atoms with Gasteiger partial charge in [0.05, 0.1) is 5.30 Å². The standard InChI is InChI=1S/C9H11O5P/c1-6-3-7(2)5-8(4-6)15(12,13)14-9(10)11/h3-5H,1-2H3,(H,10,11)(H,12,13). The summed E-state index contributed by atoms with van der Waals surface area (Å²) in [6, 6.07) is 4.66. The van der Waals surface area contributed by atoms with Crippen molar-refractivity contribution < 1.29 is 23.9 Å². The molecule has 15 heavy (non-hydrogen) atoms. The van der Waals surface area contributed by atoms with Crippen molar-refractivity contribution in [3.63, 3.8) is 0 Å². The summed E-state index contributed by atoms with van der Waals surface area (Å²) >= 11 is 0. The number of aryl methyl sites for hydroxylation is 2. The predicted molar refractivity (Wildman–Crippen MR) is 54.5 cm³/mol. The fourth-order valence-electron chi connectivity index (χ4n) is 1.27. The summed E-state index contributed by atoms with van der Waals surface area (Å²) < 4.78 is 15.4. The van der Waals surface area contributed by atoms with Crippen LogP contribution in [0.4, 0.5) is 4.79 Å². The minimum Gasteiger partial charge on any atom is -0.449 e. The molecular formula is C9H11O5P. The Morgan fingerprint density at radius 2 is 1.73 bits per heavy atom. The Bertz CT molecular complexity index is 420. The quantitative estimate of drug-likeness (QED) is 0.757. The predicted octanol–water partition coefficient (Wildman–Crippen LogP) is 1.81. The summed E-state index contributed by atoms with van der Waals surface area (Å²) in [7, 11) is -4.25. The van der Waals surface area contributed by atoms with E-state index >= 15 is 0 Å². The lowest BCUT2D eigenvalue weighted by Gasteiger charge is -2.10. The molecule has 0 saturated heterocycles. The van der Waals surface area contributed by atoms with Crippen molar-refractivity contribution in [2.75, 3.05) is 0 Å². The average Bonchev–Trinajstić information content (AvgIpc) is 1.99. The van der Waals surface area contributed by atoms with E-state index in [0.29, 0.717) is 0 Å². The maximum atomic E-state index is 11.5. The molecule has 0 heterocycles. The van der Waals surface area contributed by atoms with Gasteiger partial charge in [-0.15, -0.1) is 0 Å². The third kappa shape index (κ3) is 3.08. The van der Waals surface area contributed by atoms with Gasteiger partial charge in [0.1, 0.15) is 0 Å². The fourth-order valence-corrected chi connectivity index (χ4v) is 2.32. The molecule has 0 spiro atoms.